The van der Waals surface area contributed by atoms with Crippen molar-refractivity contribution in [2.24, 2.45) is 5.73 Å². The van der Waals surface area contributed by atoms with Crippen molar-refractivity contribution in [3.8, 4) is 5.69 Å². The zero-order chi connectivity index (χ0) is 13.3. The number of nitrogens with two attached hydrogens (primary N) is 1. The predicted molar refractivity (Wildman–Crippen MR) is 57.1 cm³/mol. The Labute approximate surface area is 99.0 Å². The predicted octanol–water partition coefficient (Wildman–Crippen LogP) is 1.04. The van der Waals surface area contributed by atoms with Crippen molar-refractivity contribution < 1.29 is 13.2 Å². The highest BCUT2D eigenvalue weighted by Crippen LogP contribution is 2.30. The van der Waals surface area contributed by atoms with Crippen molar-refractivity contribution in [1.82, 2.24) is 14.8 Å². The molecule has 0 spiro atoms. The molecule has 0 bridgehead atoms. The van der Waals surface area contributed by atoms with E-state index in [2.05, 4.69) is 10.2 Å². The summed E-state index contributed by atoms with van der Waals surface area (Å²) in [5, 5.41) is 5.76. The molecule has 0 amide bonds. The molecule has 2 rings (SSSR count). The lowest BCUT2D eigenvalue weighted by Crippen LogP contribution is -2.19. The minimum atomic E-state index is -4.47. The van der Waals surface area contributed by atoms with Crippen molar-refractivity contribution in [3.63, 3.8) is 0 Å². The van der Waals surface area contributed by atoms with E-state index in [0.717, 1.165) is 16.7 Å². The van der Waals surface area contributed by atoms with Crippen LogP contribution in [0.25, 0.3) is 5.69 Å². The summed E-state index contributed by atoms with van der Waals surface area (Å²) < 4.78 is 38.7. The van der Waals surface area contributed by atoms with Gasteiger partial charge in [0.15, 0.2) is 5.82 Å². The summed E-state index contributed by atoms with van der Waals surface area (Å²) in [5.41, 5.74) is 3.97. The fraction of sp³-hybridized carbons (Fsp3) is 0.200. The van der Waals surface area contributed by atoms with Crippen LogP contribution in [0, 0.1) is 0 Å². The molecule has 0 saturated heterocycles. The average molecular weight is 258 g/mol. The lowest BCUT2D eigenvalue weighted by Gasteiger charge is -2.09. The van der Waals surface area contributed by atoms with Gasteiger partial charge in [-0.25, -0.2) is 14.5 Å². The average Bonchev–Trinajstić information content (AvgIpc) is 2.69. The largest absolute Gasteiger partial charge is 0.416 e. The van der Waals surface area contributed by atoms with E-state index in [9.17, 15) is 18.0 Å². The molecule has 0 aliphatic rings. The van der Waals surface area contributed by atoms with Gasteiger partial charge < -0.3 is 5.73 Å². The number of rotatable bonds is 2. The van der Waals surface area contributed by atoms with Crippen LogP contribution in [0.5, 0.6) is 0 Å². The Hall–Kier alpha value is -2.09. The minimum Gasteiger partial charge on any atom is -0.324 e. The van der Waals surface area contributed by atoms with Gasteiger partial charge >= 0.3 is 11.9 Å². The normalized spacial score (nSPS) is 11.8. The van der Waals surface area contributed by atoms with Gasteiger partial charge in [0.1, 0.15) is 0 Å². The van der Waals surface area contributed by atoms with Gasteiger partial charge in [0.05, 0.1) is 17.8 Å². The van der Waals surface area contributed by atoms with E-state index >= 15 is 0 Å². The molecule has 0 saturated carbocycles. The monoisotopic (exact) mass is 258 g/mol. The second kappa shape index (κ2) is 4.30. The number of halogens is 3. The van der Waals surface area contributed by atoms with E-state index < -0.39 is 17.4 Å². The van der Waals surface area contributed by atoms with Gasteiger partial charge in [-0.1, -0.05) is 6.07 Å². The summed E-state index contributed by atoms with van der Waals surface area (Å²) >= 11 is 0. The summed E-state index contributed by atoms with van der Waals surface area (Å²) in [5.74, 6) is 0.166. The second-order valence-corrected chi connectivity index (χ2v) is 3.53. The molecule has 0 fully saturated rings. The van der Waals surface area contributed by atoms with E-state index in [1.165, 1.54) is 12.1 Å². The zero-order valence-corrected chi connectivity index (χ0v) is 9.03. The third-order valence-electron chi connectivity index (χ3n) is 2.36. The molecule has 0 aliphatic carbocycles. The Kier molecular flexibility index (Phi) is 2.95. The third kappa shape index (κ3) is 2.14. The van der Waals surface area contributed by atoms with Crippen LogP contribution in [0.4, 0.5) is 13.2 Å². The number of hydrogen-bond donors (Lipinski definition) is 2. The SMILES string of the molecule is NCc1n[nH]c(=O)n1-c1cccc(C(F)(F)F)c1. The van der Waals surface area contributed by atoms with Crippen LogP contribution in [0.1, 0.15) is 11.4 Å². The molecule has 1 aromatic heterocycles. The highest BCUT2D eigenvalue weighted by molar-refractivity contribution is 5.37. The van der Waals surface area contributed by atoms with E-state index in [1.54, 1.807) is 0 Å². The maximum Gasteiger partial charge on any atom is 0.416 e. The molecular weight excluding hydrogens is 249 g/mol. The van der Waals surface area contributed by atoms with Crippen LogP contribution in [0.15, 0.2) is 29.1 Å². The van der Waals surface area contributed by atoms with Gasteiger partial charge in [-0.15, -0.1) is 0 Å². The van der Waals surface area contributed by atoms with Crippen molar-refractivity contribution in [1.29, 1.82) is 0 Å². The van der Waals surface area contributed by atoms with Crippen molar-refractivity contribution in [2.75, 3.05) is 0 Å². The first kappa shape index (κ1) is 12.4. The maximum absolute atomic E-state index is 12.6. The number of benzene rings is 1. The molecule has 1 heterocycles. The Morgan fingerprint density at radius 3 is 2.72 bits per heavy atom. The Morgan fingerprint density at radius 1 is 1.39 bits per heavy atom. The number of nitrogens with one attached hydrogen (secondary N) is 1. The van der Waals surface area contributed by atoms with Gasteiger partial charge in [0.2, 0.25) is 0 Å². The zero-order valence-electron chi connectivity index (χ0n) is 9.03. The number of aromatic amines is 1. The van der Waals surface area contributed by atoms with Crippen LogP contribution >= 0.6 is 0 Å². The number of alkyl halides is 3. The smallest absolute Gasteiger partial charge is 0.324 e. The Morgan fingerprint density at radius 2 is 2.11 bits per heavy atom. The highest BCUT2D eigenvalue weighted by atomic mass is 19.4. The Bertz CT molecular complexity index is 614. The molecule has 96 valence electrons. The summed E-state index contributed by atoms with van der Waals surface area (Å²) in [6.45, 7) is -0.0605. The molecule has 1 aromatic carbocycles. The molecule has 0 unspecified atom stereocenters. The first-order chi connectivity index (χ1) is 8.43. The molecule has 2 aromatic rings. The minimum absolute atomic E-state index is 0.0605. The molecule has 5 nitrogen and oxygen atoms in total. The molecule has 3 N–H and O–H groups in total. The fourth-order valence-electron chi connectivity index (χ4n) is 1.55. The van der Waals surface area contributed by atoms with Crippen LogP contribution in [-0.2, 0) is 12.7 Å². The molecule has 0 radical (unpaired) electrons. The van der Waals surface area contributed by atoms with Gasteiger partial charge in [0, 0.05) is 0 Å². The van der Waals surface area contributed by atoms with Crippen molar-refractivity contribution >= 4 is 0 Å². The van der Waals surface area contributed by atoms with Crippen LogP contribution in [-0.4, -0.2) is 14.8 Å². The topological polar surface area (TPSA) is 76.7 Å². The quantitative estimate of drug-likeness (QED) is 0.844. The number of hydrogen-bond acceptors (Lipinski definition) is 3. The standard InChI is InChI=1S/C10H9F3N4O/c11-10(12,13)6-2-1-3-7(4-6)17-8(5-14)15-16-9(17)18/h1-4H,5,14H2,(H,16,18). The second-order valence-electron chi connectivity index (χ2n) is 3.53. The number of H-pyrrole nitrogens is 1. The van der Waals surface area contributed by atoms with Crippen LogP contribution in [0.3, 0.4) is 0 Å². The van der Waals surface area contributed by atoms with Crippen molar-refractivity contribution in [2.45, 2.75) is 12.7 Å². The highest BCUT2D eigenvalue weighted by Gasteiger charge is 2.30. The summed E-state index contributed by atoms with van der Waals surface area (Å²) in [4.78, 5) is 11.5. The summed E-state index contributed by atoms with van der Waals surface area (Å²) in [7, 11) is 0. The number of nitrogens with zero attached hydrogens (tertiary/aromatic N) is 2. The summed E-state index contributed by atoms with van der Waals surface area (Å²) in [6.07, 6.45) is -4.47. The van der Waals surface area contributed by atoms with Gasteiger partial charge in [-0.3, -0.25) is 0 Å². The van der Waals surface area contributed by atoms with Crippen LogP contribution < -0.4 is 11.4 Å². The van der Waals surface area contributed by atoms with Gasteiger partial charge in [-0.05, 0) is 18.2 Å². The Balaban J connectivity index is 2.58. The number of aromatic nitrogens is 3. The third-order valence-corrected chi connectivity index (χ3v) is 2.36. The van der Waals surface area contributed by atoms with Crippen molar-refractivity contribution in [3.05, 3.63) is 46.1 Å². The maximum atomic E-state index is 12.6. The fourth-order valence-corrected chi connectivity index (χ4v) is 1.55. The lowest BCUT2D eigenvalue weighted by molar-refractivity contribution is -0.137. The first-order valence-electron chi connectivity index (χ1n) is 4.97. The molecule has 0 aliphatic heterocycles. The lowest BCUT2D eigenvalue weighted by atomic mass is 10.2. The van der Waals surface area contributed by atoms with Gasteiger partial charge in [0.25, 0.3) is 0 Å². The summed E-state index contributed by atoms with van der Waals surface area (Å²) in [6, 6.07) is 4.40. The van der Waals surface area contributed by atoms with Crippen LogP contribution in [0.2, 0.25) is 0 Å². The van der Waals surface area contributed by atoms with E-state index in [1.807, 2.05) is 0 Å². The first-order valence-corrected chi connectivity index (χ1v) is 4.97. The molecule has 0 atom stereocenters. The molecular formula is C10H9F3N4O. The molecule has 18 heavy (non-hydrogen) atoms. The van der Waals surface area contributed by atoms with E-state index in [4.69, 9.17) is 5.73 Å². The van der Waals surface area contributed by atoms with E-state index in [0.29, 0.717) is 0 Å². The van der Waals surface area contributed by atoms with E-state index in [-0.39, 0.29) is 18.1 Å². The van der Waals surface area contributed by atoms with Gasteiger partial charge in [-0.2, -0.15) is 18.3 Å². The molecule has 8 heteroatoms.